The Morgan fingerprint density at radius 2 is 2.20 bits per heavy atom. The third-order valence-corrected chi connectivity index (χ3v) is 3.76. The topological polar surface area (TPSA) is 23.5 Å². The van der Waals surface area contributed by atoms with Gasteiger partial charge in [-0.3, -0.25) is 0 Å². The number of aryl methyl sites for hydroxylation is 1. The lowest BCUT2D eigenvalue weighted by atomic mass is 9.99. The zero-order chi connectivity index (χ0) is 10.3. The number of phenolic OH excluding ortho intramolecular Hbond substituents is 1. The molecule has 1 atom stereocenters. The van der Waals surface area contributed by atoms with Crippen LogP contribution in [-0.4, -0.2) is 29.6 Å². The lowest BCUT2D eigenvalue weighted by Gasteiger charge is -2.33. The van der Waals surface area contributed by atoms with E-state index >= 15 is 0 Å². The quantitative estimate of drug-likeness (QED) is 0.796. The van der Waals surface area contributed by atoms with Gasteiger partial charge in [0.05, 0.1) is 0 Å². The van der Waals surface area contributed by atoms with Gasteiger partial charge in [0.25, 0.3) is 0 Å². The van der Waals surface area contributed by atoms with Crippen LogP contribution in [0.4, 0.5) is 0 Å². The normalized spacial score (nSPS) is 24.9. The van der Waals surface area contributed by atoms with Crippen molar-refractivity contribution in [3.05, 3.63) is 29.3 Å². The first-order valence-electron chi connectivity index (χ1n) is 5.87. The van der Waals surface area contributed by atoms with Crippen molar-refractivity contribution in [3.63, 3.8) is 0 Å². The molecule has 2 heteroatoms. The number of nitrogens with zero attached hydrogens (tertiary/aromatic N) is 1. The van der Waals surface area contributed by atoms with Crippen LogP contribution in [0.25, 0.3) is 0 Å². The maximum atomic E-state index is 9.51. The van der Waals surface area contributed by atoms with Gasteiger partial charge in [-0.05, 0) is 61.5 Å². The van der Waals surface area contributed by atoms with E-state index in [-0.39, 0.29) is 0 Å². The van der Waals surface area contributed by atoms with E-state index in [9.17, 15) is 5.11 Å². The standard InChI is InChI=1S/C13H17NO/c15-12-5-4-10-2-3-11(13(10)8-12)9-14-6-1-7-14/h4-5,8,11,15H,1-3,6-7,9H2. The first-order chi connectivity index (χ1) is 7.33. The third-order valence-electron chi connectivity index (χ3n) is 3.76. The maximum Gasteiger partial charge on any atom is 0.115 e. The monoisotopic (exact) mass is 203 g/mol. The molecule has 1 N–H and O–H groups in total. The number of likely N-dealkylation sites (tertiary alicyclic amines) is 1. The second-order valence-electron chi connectivity index (χ2n) is 4.77. The predicted molar refractivity (Wildman–Crippen MR) is 60.2 cm³/mol. The zero-order valence-electron chi connectivity index (χ0n) is 8.95. The Bertz CT molecular complexity index is 371. The molecule has 1 unspecified atom stereocenters. The summed E-state index contributed by atoms with van der Waals surface area (Å²) in [6.07, 6.45) is 3.81. The number of rotatable bonds is 2. The van der Waals surface area contributed by atoms with Gasteiger partial charge in [-0.25, -0.2) is 0 Å². The molecule has 1 aromatic carbocycles. The van der Waals surface area contributed by atoms with Crippen LogP contribution in [0.1, 0.15) is 29.9 Å². The van der Waals surface area contributed by atoms with Gasteiger partial charge in [0.15, 0.2) is 0 Å². The SMILES string of the molecule is Oc1ccc2c(c1)C(CN1CCC1)CC2. The van der Waals surface area contributed by atoms with Gasteiger partial charge in [-0.2, -0.15) is 0 Å². The highest BCUT2D eigenvalue weighted by atomic mass is 16.3. The summed E-state index contributed by atoms with van der Waals surface area (Å²) in [5, 5.41) is 9.51. The summed E-state index contributed by atoms with van der Waals surface area (Å²) in [5.74, 6) is 1.08. The molecule has 2 aliphatic rings. The van der Waals surface area contributed by atoms with Gasteiger partial charge in [0.2, 0.25) is 0 Å². The first kappa shape index (κ1) is 9.22. The molecular formula is C13H17NO. The Morgan fingerprint density at radius 1 is 1.33 bits per heavy atom. The Hall–Kier alpha value is -1.02. The zero-order valence-corrected chi connectivity index (χ0v) is 8.95. The van der Waals surface area contributed by atoms with Crippen LogP contribution in [0, 0.1) is 0 Å². The minimum Gasteiger partial charge on any atom is -0.508 e. The Balaban J connectivity index is 1.80. The minimum atomic E-state index is 0.421. The molecular weight excluding hydrogens is 186 g/mol. The van der Waals surface area contributed by atoms with Crippen LogP contribution >= 0.6 is 0 Å². The molecule has 2 nitrogen and oxygen atoms in total. The molecule has 1 saturated heterocycles. The summed E-state index contributed by atoms with van der Waals surface area (Å²) < 4.78 is 0. The van der Waals surface area contributed by atoms with Gasteiger partial charge < -0.3 is 10.0 Å². The van der Waals surface area contributed by atoms with Gasteiger partial charge >= 0.3 is 0 Å². The van der Waals surface area contributed by atoms with Gasteiger partial charge in [0.1, 0.15) is 5.75 Å². The molecule has 1 heterocycles. The maximum absolute atomic E-state index is 9.51. The van der Waals surface area contributed by atoms with E-state index in [2.05, 4.69) is 11.0 Å². The molecule has 1 aromatic rings. The van der Waals surface area contributed by atoms with Crippen molar-refractivity contribution < 1.29 is 5.11 Å². The van der Waals surface area contributed by atoms with Gasteiger partial charge in [-0.15, -0.1) is 0 Å². The lowest BCUT2D eigenvalue weighted by molar-refractivity contribution is 0.169. The molecule has 0 bridgehead atoms. The highest BCUT2D eigenvalue weighted by Crippen LogP contribution is 2.36. The highest BCUT2D eigenvalue weighted by Gasteiger charge is 2.26. The van der Waals surface area contributed by atoms with E-state index in [0.29, 0.717) is 11.7 Å². The smallest absolute Gasteiger partial charge is 0.115 e. The molecule has 0 amide bonds. The molecule has 0 spiro atoms. The fourth-order valence-electron chi connectivity index (χ4n) is 2.74. The minimum absolute atomic E-state index is 0.421. The number of phenols is 1. The number of benzene rings is 1. The molecule has 1 aliphatic heterocycles. The van der Waals surface area contributed by atoms with Crippen LogP contribution in [0.5, 0.6) is 5.75 Å². The first-order valence-corrected chi connectivity index (χ1v) is 5.87. The largest absolute Gasteiger partial charge is 0.508 e. The van der Waals surface area contributed by atoms with E-state index in [4.69, 9.17) is 0 Å². The third kappa shape index (κ3) is 1.63. The van der Waals surface area contributed by atoms with E-state index in [1.54, 1.807) is 0 Å². The van der Waals surface area contributed by atoms with Crippen molar-refractivity contribution in [2.45, 2.75) is 25.2 Å². The average molecular weight is 203 g/mol. The second kappa shape index (κ2) is 3.53. The molecule has 1 aliphatic carbocycles. The fourth-order valence-corrected chi connectivity index (χ4v) is 2.74. The molecule has 0 saturated carbocycles. The van der Waals surface area contributed by atoms with Crippen molar-refractivity contribution in [2.75, 3.05) is 19.6 Å². The average Bonchev–Trinajstić information content (AvgIpc) is 2.54. The number of fused-ring (bicyclic) bond motifs is 1. The summed E-state index contributed by atoms with van der Waals surface area (Å²) >= 11 is 0. The second-order valence-corrected chi connectivity index (χ2v) is 4.77. The van der Waals surface area contributed by atoms with Crippen molar-refractivity contribution in [1.82, 2.24) is 4.90 Å². The van der Waals surface area contributed by atoms with Crippen molar-refractivity contribution in [1.29, 1.82) is 0 Å². The molecule has 1 fully saturated rings. The highest BCUT2D eigenvalue weighted by molar-refractivity contribution is 5.40. The van der Waals surface area contributed by atoms with E-state index in [0.717, 1.165) is 0 Å². The van der Waals surface area contributed by atoms with Crippen LogP contribution in [-0.2, 0) is 6.42 Å². The summed E-state index contributed by atoms with van der Waals surface area (Å²) in [5.41, 5.74) is 2.83. The number of hydrogen-bond acceptors (Lipinski definition) is 2. The summed E-state index contributed by atoms with van der Waals surface area (Å²) in [6, 6.07) is 5.86. The van der Waals surface area contributed by atoms with E-state index in [1.165, 1.54) is 50.0 Å². The van der Waals surface area contributed by atoms with Crippen LogP contribution in [0.3, 0.4) is 0 Å². The predicted octanol–water partition coefficient (Wildman–Crippen LogP) is 2.13. The van der Waals surface area contributed by atoms with Crippen LogP contribution in [0.15, 0.2) is 18.2 Å². The lowest BCUT2D eigenvalue weighted by Crippen LogP contribution is -2.39. The van der Waals surface area contributed by atoms with Crippen LogP contribution in [0.2, 0.25) is 0 Å². The summed E-state index contributed by atoms with van der Waals surface area (Å²) in [7, 11) is 0. The number of aromatic hydroxyl groups is 1. The number of hydrogen-bond donors (Lipinski definition) is 1. The van der Waals surface area contributed by atoms with Gasteiger partial charge in [0, 0.05) is 6.54 Å². The van der Waals surface area contributed by atoms with Crippen molar-refractivity contribution in [3.8, 4) is 5.75 Å². The summed E-state index contributed by atoms with van der Waals surface area (Å²) in [4.78, 5) is 2.52. The van der Waals surface area contributed by atoms with Crippen LogP contribution < -0.4 is 0 Å². The molecule has 3 rings (SSSR count). The van der Waals surface area contributed by atoms with Crippen molar-refractivity contribution >= 4 is 0 Å². The Kier molecular flexibility index (Phi) is 2.17. The van der Waals surface area contributed by atoms with Crippen molar-refractivity contribution in [2.24, 2.45) is 0 Å². The molecule has 80 valence electrons. The fraction of sp³-hybridized carbons (Fsp3) is 0.538. The Morgan fingerprint density at radius 3 is 2.93 bits per heavy atom. The Labute approximate surface area is 90.5 Å². The van der Waals surface area contributed by atoms with Gasteiger partial charge in [-0.1, -0.05) is 6.07 Å². The summed E-state index contributed by atoms with van der Waals surface area (Å²) in [6.45, 7) is 3.73. The molecule has 15 heavy (non-hydrogen) atoms. The molecule has 0 aromatic heterocycles. The molecule has 0 radical (unpaired) electrons. The van der Waals surface area contributed by atoms with E-state index < -0.39 is 0 Å². The van der Waals surface area contributed by atoms with E-state index in [1.807, 2.05) is 12.1 Å².